The van der Waals surface area contributed by atoms with Crippen molar-refractivity contribution in [2.24, 2.45) is 0 Å². The number of unbranched alkanes of at least 4 members (excludes halogenated alkanes) is 2. The van der Waals surface area contributed by atoms with Crippen molar-refractivity contribution < 1.29 is 0 Å². The normalized spacial score (nSPS) is 11.9. The van der Waals surface area contributed by atoms with Crippen molar-refractivity contribution >= 4 is 0 Å². The molecule has 0 amide bonds. The standard InChI is InChI=1S/C12H23N/c1-4-7-9-11-12(13-6-3)10-8-5-2/h12-13H,4,6-7,9-11H2,1-3H3. The highest BCUT2D eigenvalue weighted by atomic mass is 14.9. The van der Waals surface area contributed by atoms with Crippen molar-refractivity contribution in [1.29, 1.82) is 0 Å². The zero-order valence-electron chi connectivity index (χ0n) is 9.32. The molecule has 0 saturated heterocycles. The summed E-state index contributed by atoms with van der Waals surface area (Å²) in [5.74, 6) is 6.10. The van der Waals surface area contributed by atoms with Crippen LogP contribution in [0, 0.1) is 11.8 Å². The van der Waals surface area contributed by atoms with E-state index in [9.17, 15) is 0 Å². The molecular formula is C12H23N. The van der Waals surface area contributed by atoms with E-state index in [1.54, 1.807) is 0 Å². The largest absolute Gasteiger partial charge is 0.313 e. The highest BCUT2D eigenvalue weighted by Gasteiger charge is 2.03. The molecule has 0 aromatic rings. The van der Waals surface area contributed by atoms with Gasteiger partial charge in [0.2, 0.25) is 0 Å². The SMILES string of the molecule is CC#CCC(CCCCC)NCC. The molecule has 0 aromatic carbocycles. The van der Waals surface area contributed by atoms with Crippen LogP contribution in [-0.2, 0) is 0 Å². The molecule has 0 aliphatic rings. The van der Waals surface area contributed by atoms with Gasteiger partial charge in [-0.15, -0.1) is 11.8 Å². The summed E-state index contributed by atoms with van der Waals surface area (Å²) in [6.07, 6.45) is 6.27. The smallest absolute Gasteiger partial charge is 0.0243 e. The van der Waals surface area contributed by atoms with Crippen molar-refractivity contribution in [3.8, 4) is 11.8 Å². The van der Waals surface area contributed by atoms with Gasteiger partial charge in [-0.25, -0.2) is 0 Å². The predicted octanol–water partition coefficient (Wildman–Crippen LogP) is 2.96. The molecule has 1 nitrogen and oxygen atoms in total. The molecule has 0 aromatic heterocycles. The van der Waals surface area contributed by atoms with Crippen LogP contribution in [0.1, 0.15) is 52.9 Å². The summed E-state index contributed by atoms with van der Waals surface area (Å²) in [6, 6.07) is 0.615. The van der Waals surface area contributed by atoms with Crippen LogP contribution >= 0.6 is 0 Å². The molecule has 1 atom stereocenters. The second kappa shape index (κ2) is 9.61. The average molecular weight is 181 g/mol. The van der Waals surface area contributed by atoms with Crippen LogP contribution in [0.5, 0.6) is 0 Å². The number of nitrogens with one attached hydrogen (secondary N) is 1. The van der Waals surface area contributed by atoms with Gasteiger partial charge in [-0.1, -0.05) is 33.1 Å². The van der Waals surface area contributed by atoms with Crippen LogP contribution in [0.25, 0.3) is 0 Å². The van der Waals surface area contributed by atoms with Gasteiger partial charge in [0.25, 0.3) is 0 Å². The van der Waals surface area contributed by atoms with E-state index in [-0.39, 0.29) is 0 Å². The Balaban J connectivity index is 3.57. The average Bonchev–Trinajstić information content (AvgIpc) is 2.14. The minimum absolute atomic E-state index is 0.615. The van der Waals surface area contributed by atoms with Gasteiger partial charge in [0, 0.05) is 12.5 Å². The Kier molecular flexibility index (Phi) is 9.25. The number of rotatable bonds is 7. The Morgan fingerprint density at radius 1 is 1.23 bits per heavy atom. The maximum absolute atomic E-state index is 3.47. The molecule has 0 saturated carbocycles. The molecule has 1 N–H and O–H groups in total. The van der Waals surface area contributed by atoms with Gasteiger partial charge in [0.05, 0.1) is 0 Å². The third-order valence-electron chi connectivity index (χ3n) is 2.17. The molecule has 0 rings (SSSR count). The molecule has 0 aliphatic heterocycles. The van der Waals surface area contributed by atoms with Gasteiger partial charge in [-0.05, 0) is 19.9 Å². The zero-order valence-corrected chi connectivity index (χ0v) is 9.32. The molecule has 1 unspecified atom stereocenters. The zero-order chi connectivity index (χ0) is 9.94. The summed E-state index contributed by atoms with van der Waals surface area (Å²) in [5.41, 5.74) is 0. The highest BCUT2D eigenvalue weighted by molar-refractivity contribution is 4.98. The molecule has 0 bridgehead atoms. The molecule has 0 heterocycles. The molecule has 0 aliphatic carbocycles. The Bertz CT molecular complexity index is 152. The fourth-order valence-corrected chi connectivity index (χ4v) is 1.43. The molecule has 76 valence electrons. The first-order valence-electron chi connectivity index (χ1n) is 5.48. The van der Waals surface area contributed by atoms with Crippen LogP contribution in [0.15, 0.2) is 0 Å². The summed E-state index contributed by atoms with van der Waals surface area (Å²) in [7, 11) is 0. The molecule has 0 fully saturated rings. The van der Waals surface area contributed by atoms with Crippen LogP contribution in [-0.4, -0.2) is 12.6 Å². The van der Waals surface area contributed by atoms with Crippen molar-refractivity contribution in [2.45, 2.75) is 58.9 Å². The van der Waals surface area contributed by atoms with Crippen molar-refractivity contribution in [3.63, 3.8) is 0 Å². The van der Waals surface area contributed by atoms with Gasteiger partial charge < -0.3 is 5.32 Å². The van der Waals surface area contributed by atoms with E-state index < -0.39 is 0 Å². The Hall–Kier alpha value is -0.480. The van der Waals surface area contributed by atoms with Gasteiger partial charge in [-0.2, -0.15) is 0 Å². The van der Waals surface area contributed by atoms with E-state index in [2.05, 4.69) is 31.0 Å². The van der Waals surface area contributed by atoms with Gasteiger partial charge in [0.1, 0.15) is 0 Å². The van der Waals surface area contributed by atoms with Gasteiger partial charge in [0.15, 0.2) is 0 Å². The van der Waals surface area contributed by atoms with Crippen LogP contribution in [0.2, 0.25) is 0 Å². The first-order valence-corrected chi connectivity index (χ1v) is 5.48. The number of hydrogen-bond donors (Lipinski definition) is 1. The van der Waals surface area contributed by atoms with E-state index in [1.165, 1.54) is 25.7 Å². The summed E-state index contributed by atoms with van der Waals surface area (Å²) in [4.78, 5) is 0. The fourth-order valence-electron chi connectivity index (χ4n) is 1.43. The van der Waals surface area contributed by atoms with E-state index in [1.807, 2.05) is 6.92 Å². The predicted molar refractivity (Wildman–Crippen MR) is 59.7 cm³/mol. The molecule has 1 heteroatoms. The lowest BCUT2D eigenvalue weighted by atomic mass is 10.1. The Morgan fingerprint density at radius 2 is 2.00 bits per heavy atom. The fraction of sp³-hybridized carbons (Fsp3) is 0.833. The third kappa shape index (κ3) is 7.87. The molecule has 13 heavy (non-hydrogen) atoms. The summed E-state index contributed by atoms with van der Waals surface area (Å²) >= 11 is 0. The Morgan fingerprint density at radius 3 is 2.54 bits per heavy atom. The minimum Gasteiger partial charge on any atom is -0.313 e. The molecule has 0 spiro atoms. The lowest BCUT2D eigenvalue weighted by Gasteiger charge is -2.14. The van der Waals surface area contributed by atoms with E-state index >= 15 is 0 Å². The van der Waals surface area contributed by atoms with E-state index in [4.69, 9.17) is 0 Å². The minimum atomic E-state index is 0.615. The maximum atomic E-state index is 3.47. The lowest BCUT2D eigenvalue weighted by molar-refractivity contribution is 0.477. The van der Waals surface area contributed by atoms with Gasteiger partial charge in [-0.3, -0.25) is 0 Å². The number of hydrogen-bond acceptors (Lipinski definition) is 1. The van der Waals surface area contributed by atoms with E-state index in [0.717, 1.165) is 13.0 Å². The topological polar surface area (TPSA) is 12.0 Å². The van der Waals surface area contributed by atoms with Crippen LogP contribution in [0.3, 0.4) is 0 Å². The first-order chi connectivity index (χ1) is 6.35. The maximum Gasteiger partial charge on any atom is 0.0243 e. The van der Waals surface area contributed by atoms with Crippen LogP contribution < -0.4 is 5.32 Å². The van der Waals surface area contributed by atoms with Crippen molar-refractivity contribution in [1.82, 2.24) is 5.32 Å². The van der Waals surface area contributed by atoms with E-state index in [0.29, 0.717) is 6.04 Å². The molecule has 0 radical (unpaired) electrons. The van der Waals surface area contributed by atoms with Crippen molar-refractivity contribution in [3.05, 3.63) is 0 Å². The quantitative estimate of drug-likeness (QED) is 0.470. The summed E-state index contributed by atoms with van der Waals surface area (Å²) in [6.45, 7) is 7.37. The Labute approximate surface area is 83.3 Å². The third-order valence-corrected chi connectivity index (χ3v) is 2.17. The second-order valence-corrected chi connectivity index (χ2v) is 3.38. The van der Waals surface area contributed by atoms with Crippen LogP contribution in [0.4, 0.5) is 0 Å². The first kappa shape index (κ1) is 12.5. The monoisotopic (exact) mass is 181 g/mol. The highest BCUT2D eigenvalue weighted by Crippen LogP contribution is 2.05. The molecular weight excluding hydrogens is 158 g/mol. The van der Waals surface area contributed by atoms with Gasteiger partial charge >= 0.3 is 0 Å². The van der Waals surface area contributed by atoms with Crippen molar-refractivity contribution in [2.75, 3.05) is 6.54 Å². The summed E-state index contributed by atoms with van der Waals surface area (Å²) < 4.78 is 0. The lowest BCUT2D eigenvalue weighted by Crippen LogP contribution is -2.28. The second-order valence-electron chi connectivity index (χ2n) is 3.38. The summed E-state index contributed by atoms with van der Waals surface area (Å²) in [5, 5.41) is 3.47.